The molecule has 0 aromatic heterocycles. The fraction of sp³-hybridized carbons (Fsp3) is 0.684. The van der Waals surface area contributed by atoms with Crippen molar-refractivity contribution in [2.24, 2.45) is 17.8 Å². The summed E-state index contributed by atoms with van der Waals surface area (Å²) in [5.41, 5.74) is 6.89. The molecule has 0 spiro atoms. The van der Waals surface area contributed by atoms with Crippen molar-refractivity contribution in [2.75, 3.05) is 0 Å². The number of rotatable bonds is 1. The molecule has 0 amide bonds. The normalized spacial score (nSPS) is 39.8. The lowest BCUT2D eigenvalue weighted by Crippen LogP contribution is -2.49. The molecule has 4 aliphatic carbocycles. The van der Waals surface area contributed by atoms with Gasteiger partial charge < -0.3 is 0 Å². The van der Waals surface area contributed by atoms with Crippen LogP contribution in [-0.2, 0) is 5.41 Å². The predicted molar refractivity (Wildman–Crippen MR) is 80.5 cm³/mol. The third-order valence-electron chi connectivity index (χ3n) is 6.25. The fourth-order valence-electron chi connectivity index (χ4n) is 6.43. The summed E-state index contributed by atoms with van der Waals surface area (Å²) in [4.78, 5) is 0. The SMILES string of the molecule is Cc1cc(C)c(C23CC4CC(CC(C4)C2)C3)c(C)c1. The molecule has 4 fully saturated rings. The van der Waals surface area contributed by atoms with E-state index in [4.69, 9.17) is 0 Å². The molecule has 4 aliphatic rings. The molecule has 4 bridgehead atoms. The Bertz CT molecular complexity index is 465. The highest BCUT2D eigenvalue weighted by Gasteiger charge is 2.52. The number of aryl methyl sites for hydroxylation is 3. The quantitative estimate of drug-likeness (QED) is 0.655. The first kappa shape index (κ1) is 12.0. The second kappa shape index (κ2) is 3.87. The maximum absolute atomic E-state index is 2.42. The van der Waals surface area contributed by atoms with E-state index in [9.17, 15) is 0 Å². The Hall–Kier alpha value is -0.780. The molecule has 0 nitrogen and oxygen atoms in total. The zero-order valence-electron chi connectivity index (χ0n) is 12.6. The molecule has 5 rings (SSSR count). The van der Waals surface area contributed by atoms with Gasteiger partial charge in [0.1, 0.15) is 0 Å². The summed E-state index contributed by atoms with van der Waals surface area (Å²) in [6.45, 7) is 6.95. The van der Waals surface area contributed by atoms with Crippen LogP contribution in [0.15, 0.2) is 12.1 Å². The van der Waals surface area contributed by atoms with Gasteiger partial charge in [-0.2, -0.15) is 0 Å². The van der Waals surface area contributed by atoms with Gasteiger partial charge >= 0.3 is 0 Å². The van der Waals surface area contributed by atoms with Crippen LogP contribution < -0.4 is 0 Å². The third-order valence-corrected chi connectivity index (χ3v) is 6.25. The fourth-order valence-corrected chi connectivity index (χ4v) is 6.43. The van der Waals surface area contributed by atoms with Crippen LogP contribution in [0.5, 0.6) is 0 Å². The predicted octanol–water partition coefficient (Wildman–Crippen LogP) is 5.08. The molecular formula is C19H26. The smallest absolute Gasteiger partial charge is 0.00338 e. The molecular weight excluding hydrogens is 228 g/mol. The minimum atomic E-state index is 0.566. The Morgan fingerprint density at radius 2 is 1.21 bits per heavy atom. The number of hydrogen-bond acceptors (Lipinski definition) is 0. The van der Waals surface area contributed by atoms with Gasteiger partial charge in [0.25, 0.3) is 0 Å². The largest absolute Gasteiger partial charge is 0.0561 e. The zero-order valence-corrected chi connectivity index (χ0v) is 12.6. The maximum atomic E-state index is 2.42. The second-order valence-electron chi connectivity index (χ2n) is 7.97. The number of hydrogen-bond donors (Lipinski definition) is 0. The van der Waals surface area contributed by atoms with E-state index in [1.165, 1.54) is 24.8 Å². The first-order valence-corrected chi connectivity index (χ1v) is 8.14. The van der Waals surface area contributed by atoms with Crippen LogP contribution in [0.3, 0.4) is 0 Å². The zero-order chi connectivity index (χ0) is 13.2. The lowest BCUT2D eigenvalue weighted by molar-refractivity contribution is -0.00574. The second-order valence-corrected chi connectivity index (χ2v) is 7.97. The maximum Gasteiger partial charge on any atom is -0.00338 e. The molecule has 19 heavy (non-hydrogen) atoms. The summed E-state index contributed by atoms with van der Waals surface area (Å²) in [6, 6.07) is 4.84. The highest BCUT2D eigenvalue weighted by molar-refractivity contribution is 5.44. The van der Waals surface area contributed by atoms with Gasteiger partial charge in [0, 0.05) is 0 Å². The highest BCUT2D eigenvalue weighted by atomic mass is 14.6. The minimum Gasteiger partial charge on any atom is -0.0561 e. The van der Waals surface area contributed by atoms with E-state index in [1.54, 1.807) is 36.0 Å². The Kier molecular flexibility index (Phi) is 2.44. The van der Waals surface area contributed by atoms with E-state index in [0.717, 1.165) is 17.8 Å². The molecule has 0 heterocycles. The van der Waals surface area contributed by atoms with Gasteiger partial charge in [-0.1, -0.05) is 17.7 Å². The standard InChI is InChI=1S/C19H26/c1-12-4-13(2)18(14(3)5-12)19-9-15-6-16(10-19)8-17(7-15)11-19/h4-5,15-17H,6-11H2,1-3H3. The topological polar surface area (TPSA) is 0 Å². The molecule has 0 atom stereocenters. The minimum absolute atomic E-state index is 0.566. The summed E-state index contributed by atoms with van der Waals surface area (Å²) in [6.07, 6.45) is 9.10. The summed E-state index contributed by atoms with van der Waals surface area (Å²) < 4.78 is 0. The summed E-state index contributed by atoms with van der Waals surface area (Å²) >= 11 is 0. The first-order valence-electron chi connectivity index (χ1n) is 8.14. The summed E-state index contributed by atoms with van der Waals surface area (Å²) in [5.74, 6) is 3.14. The van der Waals surface area contributed by atoms with Crippen LogP contribution in [0.1, 0.15) is 60.8 Å². The molecule has 0 N–H and O–H groups in total. The number of benzene rings is 1. The van der Waals surface area contributed by atoms with Crippen molar-refractivity contribution in [1.29, 1.82) is 0 Å². The molecule has 0 radical (unpaired) electrons. The summed E-state index contributed by atoms with van der Waals surface area (Å²) in [5, 5.41) is 0. The van der Waals surface area contributed by atoms with Crippen LogP contribution in [0.25, 0.3) is 0 Å². The van der Waals surface area contributed by atoms with Crippen molar-refractivity contribution in [3.8, 4) is 0 Å². The van der Waals surface area contributed by atoms with Gasteiger partial charge in [-0.05, 0) is 99.2 Å². The van der Waals surface area contributed by atoms with Crippen molar-refractivity contribution in [2.45, 2.75) is 64.7 Å². The Balaban J connectivity index is 1.84. The molecule has 1 aromatic rings. The van der Waals surface area contributed by atoms with Gasteiger partial charge in [-0.3, -0.25) is 0 Å². The van der Waals surface area contributed by atoms with Crippen LogP contribution >= 0.6 is 0 Å². The highest BCUT2D eigenvalue weighted by Crippen LogP contribution is 2.61. The van der Waals surface area contributed by atoms with Crippen molar-refractivity contribution in [3.63, 3.8) is 0 Å². The lowest BCUT2D eigenvalue weighted by atomic mass is 9.47. The van der Waals surface area contributed by atoms with Gasteiger partial charge in [0.15, 0.2) is 0 Å². The van der Waals surface area contributed by atoms with Gasteiger partial charge in [0.05, 0.1) is 0 Å². The molecule has 102 valence electrons. The molecule has 0 aliphatic heterocycles. The third kappa shape index (κ3) is 1.72. The van der Waals surface area contributed by atoms with Gasteiger partial charge in [-0.15, -0.1) is 0 Å². The molecule has 1 aromatic carbocycles. The molecule has 4 saturated carbocycles. The van der Waals surface area contributed by atoms with Crippen LogP contribution in [0, 0.1) is 38.5 Å². The van der Waals surface area contributed by atoms with Crippen LogP contribution in [0.4, 0.5) is 0 Å². The van der Waals surface area contributed by atoms with E-state index in [-0.39, 0.29) is 0 Å². The van der Waals surface area contributed by atoms with Gasteiger partial charge in [-0.25, -0.2) is 0 Å². The van der Waals surface area contributed by atoms with Crippen molar-refractivity contribution in [1.82, 2.24) is 0 Å². The van der Waals surface area contributed by atoms with Crippen LogP contribution in [-0.4, -0.2) is 0 Å². The van der Waals surface area contributed by atoms with Crippen molar-refractivity contribution < 1.29 is 0 Å². The van der Waals surface area contributed by atoms with Crippen LogP contribution in [0.2, 0.25) is 0 Å². The van der Waals surface area contributed by atoms with E-state index >= 15 is 0 Å². The van der Waals surface area contributed by atoms with E-state index < -0.39 is 0 Å². The lowest BCUT2D eigenvalue weighted by Gasteiger charge is -2.57. The Morgan fingerprint density at radius 3 is 1.63 bits per heavy atom. The monoisotopic (exact) mass is 254 g/mol. The van der Waals surface area contributed by atoms with E-state index in [1.807, 2.05) is 0 Å². The average Bonchev–Trinajstić information content (AvgIpc) is 2.24. The van der Waals surface area contributed by atoms with Crippen molar-refractivity contribution in [3.05, 3.63) is 34.4 Å². The van der Waals surface area contributed by atoms with E-state index in [0.29, 0.717) is 5.41 Å². The molecule has 0 heteroatoms. The Morgan fingerprint density at radius 1 is 0.789 bits per heavy atom. The average molecular weight is 254 g/mol. The van der Waals surface area contributed by atoms with Gasteiger partial charge in [0.2, 0.25) is 0 Å². The summed E-state index contributed by atoms with van der Waals surface area (Å²) in [7, 11) is 0. The molecule has 0 unspecified atom stereocenters. The van der Waals surface area contributed by atoms with Crippen molar-refractivity contribution >= 4 is 0 Å². The first-order chi connectivity index (χ1) is 9.06. The molecule has 0 saturated heterocycles. The van der Waals surface area contributed by atoms with E-state index in [2.05, 4.69) is 32.9 Å². The Labute approximate surface area is 117 Å².